The summed E-state index contributed by atoms with van der Waals surface area (Å²) in [6.45, 7) is 5.97. The molecule has 0 saturated carbocycles. The van der Waals surface area contributed by atoms with Gasteiger partial charge in [-0.2, -0.15) is 0 Å². The Kier molecular flexibility index (Phi) is 7.22. The highest BCUT2D eigenvalue weighted by atomic mass is 16.5. The first-order valence-electron chi connectivity index (χ1n) is 11.5. The van der Waals surface area contributed by atoms with Crippen LogP contribution in [-0.4, -0.2) is 65.1 Å². The molecule has 35 heavy (non-hydrogen) atoms. The van der Waals surface area contributed by atoms with Gasteiger partial charge in [0.2, 0.25) is 5.91 Å². The van der Waals surface area contributed by atoms with E-state index in [0.717, 1.165) is 11.4 Å². The molecule has 0 bridgehead atoms. The second kappa shape index (κ2) is 10.5. The summed E-state index contributed by atoms with van der Waals surface area (Å²) in [5.74, 6) is 8.83. The Labute approximate surface area is 204 Å². The van der Waals surface area contributed by atoms with Crippen LogP contribution in [0.15, 0.2) is 42.7 Å². The van der Waals surface area contributed by atoms with E-state index in [1.54, 1.807) is 37.5 Å². The Morgan fingerprint density at radius 3 is 2.60 bits per heavy atom. The minimum atomic E-state index is 0.000774. The quantitative estimate of drug-likeness (QED) is 0.399. The largest absolute Gasteiger partial charge is 0.497 e. The lowest BCUT2D eigenvalue weighted by atomic mass is 9.99. The average Bonchev–Trinajstić information content (AvgIpc) is 3.18. The number of methoxy groups -OCH3 is 2. The van der Waals surface area contributed by atoms with Gasteiger partial charge in [0.25, 0.3) is 0 Å². The van der Waals surface area contributed by atoms with Gasteiger partial charge in [-0.15, -0.1) is 0 Å². The second-order valence-corrected chi connectivity index (χ2v) is 8.61. The van der Waals surface area contributed by atoms with Crippen molar-refractivity contribution in [2.24, 2.45) is 0 Å². The summed E-state index contributed by atoms with van der Waals surface area (Å²) in [5, 5.41) is 3.26. The van der Waals surface area contributed by atoms with Crippen molar-refractivity contribution in [1.82, 2.24) is 24.6 Å². The van der Waals surface area contributed by atoms with Crippen molar-refractivity contribution in [3.8, 4) is 23.3 Å². The van der Waals surface area contributed by atoms with E-state index < -0.39 is 0 Å². The third-order valence-corrected chi connectivity index (χ3v) is 5.75. The number of aromatic nitrogens is 3. The normalized spacial score (nSPS) is 13.7. The molecule has 3 heterocycles. The van der Waals surface area contributed by atoms with Crippen molar-refractivity contribution in [3.05, 3.63) is 59.8 Å². The summed E-state index contributed by atoms with van der Waals surface area (Å²) >= 11 is 0. The lowest BCUT2D eigenvalue weighted by Crippen LogP contribution is -2.48. The maximum Gasteiger partial charge on any atom is 0.246 e. The molecular formula is C26H30N6O3. The number of hydrogen-bond acceptors (Lipinski definition) is 7. The number of fused-ring (bicyclic) bond motifs is 1. The molecule has 1 aliphatic heterocycles. The average molecular weight is 475 g/mol. The summed E-state index contributed by atoms with van der Waals surface area (Å²) in [4.78, 5) is 23.3. The third kappa shape index (κ3) is 5.39. The molecule has 4 rings (SSSR count). The van der Waals surface area contributed by atoms with Crippen molar-refractivity contribution < 1.29 is 14.3 Å². The van der Waals surface area contributed by atoms with Crippen molar-refractivity contribution in [1.29, 1.82) is 0 Å². The van der Waals surface area contributed by atoms with E-state index in [4.69, 9.17) is 20.2 Å². The number of rotatable bonds is 7. The first-order valence-corrected chi connectivity index (χ1v) is 11.5. The number of imidazole rings is 1. The minimum absolute atomic E-state index is 0.000774. The van der Waals surface area contributed by atoms with E-state index in [1.165, 1.54) is 0 Å². The summed E-state index contributed by atoms with van der Waals surface area (Å²) in [6.07, 6.45) is 6.95. The van der Waals surface area contributed by atoms with E-state index in [9.17, 15) is 4.79 Å². The standard InChI is InChI=1S/C26H30N6O3/c1-17(2)28-9-5-6-23(33)31-15-19(16-31)26-30-22(24-25(27)29-10-11-32(24)26)8-7-18-12-20(34-3)14-21(13-18)35-4/h5-6,10-14,17,19,28H,9,15-16H2,1-4H3,(H2,27,29)/b6-5+. The maximum atomic E-state index is 12.4. The van der Waals surface area contributed by atoms with Crippen molar-refractivity contribution in [2.75, 3.05) is 39.6 Å². The third-order valence-electron chi connectivity index (χ3n) is 5.75. The molecule has 1 aromatic carbocycles. The molecule has 0 radical (unpaired) electrons. The van der Waals surface area contributed by atoms with Crippen molar-refractivity contribution >= 4 is 17.2 Å². The number of amides is 1. The number of nitrogen functional groups attached to an aromatic ring is 1. The molecule has 0 unspecified atom stereocenters. The van der Waals surface area contributed by atoms with Crippen LogP contribution < -0.4 is 20.5 Å². The summed E-state index contributed by atoms with van der Waals surface area (Å²) < 4.78 is 12.6. The Morgan fingerprint density at radius 2 is 1.94 bits per heavy atom. The number of nitrogens with zero attached hydrogens (tertiary/aromatic N) is 4. The summed E-state index contributed by atoms with van der Waals surface area (Å²) in [6, 6.07) is 5.82. The highest BCUT2D eigenvalue weighted by Gasteiger charge is 2.34. The molecule has 1 saturated heterocycles. The van der Waals surface area contributed by atoms with Gasteiger partial charge in [0.15, 0.2) is 5.82 Å². The van der Waals surface area contributed by atoms with E-state index >= 15 is 0 Å². The van der Waals surface area contributed by atoms with Gasteiger partial charge in [0, 0.05) is 55.8 Å². The summed E-state index contributed by atoms with van der Waals surface area (Å²) in [5.41, 5.74) is 8.12. The van der Waals surface area contributed by atoms with Gasteiger partial charge < -0.3 is 25.4 Å². The predicted octanol–water partition coefficient (Wildman–Crippen LogP) is 2.21. The topological polar surface area (TPSA) is 107 Å². The fourth-order valence-electron chi connectivity index (χ4n) is 3.86. The van der Waals surface area contributed by atoms with Crippen LogP contribution in [0.2, 0.25) is 0 Å². The van der Waals surface area contributed by atoms with Crippen LogP contribution in [0.5, 0.6) is 11.5 Å². The Hall–Kier alpha value is -4.03. The number of likely N-dealkylation sites (tertiary alicyclic amines) is 1. The number of nitrogens with one attached hydrogen (secondary N) is 1. The van der Waals surface area contributed by atoms with E-state index in [0.29, 0.717) is 54.2 Å². The van der Waals surface area contributed by atoms with Crippen LogP contribution in [-0.2, 0) is 4.79 Å². The van der Waals surface area contributed by atoms with Crippen LogP contribution in [0.3, 0.4) is 0 Å². The molecular weight excluding hydrogens is 444 g/mol. The van der Waals surface area contributed by atoms with Crippen LogP contribution in [0.1, 0.15) is 36.8 Å². The lowest BCUT2D eigenvalue weighted by Gasteiger charge is -2.37. The van der Waals surface area contributed by atoms with Crippen LogP contribution in [0, 0.1) is 11.8 Å². The first kappa shape index (κ1) is 24.1. The zero-order valence-corrected chi connectivity index (χ0v) is 20.4. The summed E-state index contributed by atoms with van der Waals surface area (Å²) in [7, 11) is 3.19. The van der Waals surface area contributed by atoms with Gasteiger partial charge in [-0.25, -0.2) is 9.97 Å². The number of carbonyl (C=O) groups excluding carboxylic acids is 1. The molecule has 182 valence electrons. The number of anilines is 1. The molecule has 0 spiro atoms. The zero-order chi connectivity index (χ0) is 24.9. The van der Waals surface area contributed by atoms with Gasteiger partial charge in [0.05, 0.1) is 20.1 Å². The minimum Gasteiger partial charge on any atom is -0.497 e. The first-order chi connectivity index (χ1) is 16.9. The molecule has 3 N–H and O–H groups in total. The van der Waals surface area contributed by atoms with E-state index in [2.05, 4.69) is 36.0 Å². The number of nitrogens with two attached hydrogens (primary N) is 1. The Balaban J connectivity index is 1.56. The monoisotopic (exact) mass is 474 g/mol. The Morgan fingerprint density at radius 1 is 1.23 bits per heavy atom. The molecule has 9 nitrogen and oxygen atoms in total. The number of hydrogen-bond donors (Lipinski definition) is 2. The highest BCUT2D eigenvalue weighted by Crippen LogP contribution is 2.30. The van der Waals surface area contributed by atoms with E-state index in [-0.39, 0.29) is 11.8 Å². The molecule has 3 aromatic rings. The van der Waals surface area contributed by atoms with Gasteiger partial charge in [-0.05, 0) is 18.1 Å². The zero-order valence-electron chi connectivity index (χ0n) is 20.4. The van der Waals surface area contributed by atoms with Gasteiger partial charge >= 0.3 is 0 Å². The number of ether oxygens (including phenoxy) is 2. The Bertz CT molecular complexity index is 1290. The maximum absolute atomic E-state index is 12.4. The fraction of sp³-hybridized carbons (Fsp3) is 0.346. The molecule has 1 fully saturated rings. The molecule has 0 aliphatic carbocycles. The number of carbonyl (C=O) groups is 1. The van der Waals surface area contributed by atoms with Crippen molar-refractivity contribution in [3.63, 3.8) is 0 Å². The van der Waals surface area contributed by atoms with Crippen LogP contribution in [0.25, 0.3) is 5.52 Å². The highest BCUT2D eigenvalue weighted by molar-refractivity contribution is 5.88. The molecule has 0 atom stereocenters. The lowest BCUT2D eigenvalue weighted by molar-refractivity contribution is -0.130. The van der Waals surface area contributed by atoms with E-state index in [1.807, 2.05) is 28.8 Å². The van der Waals surface area contributed by atoms with Crippen LogP contribution >= 0.6 is 0 Å². The van der Waals surface area contributed by atoms with Crippen molar-refractivity contribution in [2.45, 2.75) is 25.8 Å². The smallest absolute Gasteiger partial charge is 0.246 e. The van der Waals surface area contributed by atoms with Gasteiger partial charge in [0.1, 0.15) is 28.5 Å². The second-order valence-electron chi connectivity index (χ2n) is 8.61. The van der Waals surface area contributed by atoms with Gasteiger partial charge in [-0.3, -0.25) is 9.20 Å². The molecule has 1 aliphatic rings. The van der Waals surface area contributed by atoms with Gasteiger partial charge in [-0.1, -0.05) is 25.8 Å². The van der Waals surface area contributed by atoms with Crippen LogP contribution in [0.4, 0.5) is 5.82 Å². The molecule has 1 amide bonds. The SMILES string of the molecule is COc1cc(C#Cc2nc(C3CN(C(=O)/C=C/CNC(C)C)C3)n3ccnc(N)c23)cc(OC)c1. The molecule has 2 aromatic heterocycles. The molecule has 9 heteroatoms. The predicted molar refractivity (Wildman–Crippen MR) is 135 cm³/mol. The number of benzene rings is 1. The fourth-order valence-corrected chi connectivity index (χ4v) is 3.86.